The Morgan fingerprint density at radius 3 is 2.68 bits per heavy atom. The standard InChI is InChI=1S/C16H25NO2/c1-11-5-6-14(9-12(11)2)16(18)10-17(4)15-7-8-19-13(15)3/h5-6,9,13,15-16,18H,7-8,10H2,1-4H3. The fraction of sp³-hybridized carbons (Fsp3) is 0.625. The van der Waals surface area contributed by atoms with Gasteiger partial charge in [0.25, 0.3) is 0 Å². The average Bonchev–Trinajstić information content (AvgIpc) is 2.79. The number of hydrogen-bond acceptors (Lipinski definition) is 3. The second-order valence-electron chi connectivity index (χ2n) is 5.73. The number of ether oxygens (including phenoxy) is 1. The Morgan fingerprint density at radius 2 is 2.11 bits per heavy atom. The van der Waals surface area contributed by atoms with Crippen LogP contribution in [0.15, 0.2) is 18.2 Å². The third kappa shape index (κ3) is 3.35. The van der Waals surface area contributed by atoms with Crippen molar-refractivity contribution >= 4 is 0 Å². The molecule has 0 bridgehead atoms. The van der Waals surface area contributed by atoms with Crippen LogP contribution in [0.1, 0.15) is 36.1 Å². The number of benzene rings is 1. The molecule has 2 rings (SSSR count). The van der Waals surface area contributed by atoms with Gasteiger partial charge in [0.05, 0.1) is 12.2 Å². The number of aryl methyl sites for hydroxylation is 2. The van der Waals surface area contributed by atoms with E-state index in [1.165, 1.54) is 11.1 Å². The summed E-state index contributed by atoms with van der Waals surface area (Å²) in [5.41, 5.74) is 3.50. The lowest BCUT2D eigenvalue weighted by Gasteiger charge is -2.28. The Morgan fingerprint density at radius 1 is 1.37 bits per heavy atom. The molecule has 19 heavy (non-hydrogen) atoms. The van der Waals surface area contributed by atoms with Crippen LogP contribution < -0.4 is 0 Å². The zero-order valence-corrected chi connectivity index (χ0v) is 12.4. The molecule has 0 saturated carbocycles. The Kier molecular flexibility index (Phi) is 4.61. The van der Waals surface area contributed by atoms with Crippen molar-refractivity contribution in [1.82, 2.24) is 4.90 Å². The summed E-state index contributed by atoms with van der Waals surface area (Å²) in [5, 5.41) is 10.4. The van der Waals surface area contributed by atoms with Gasteiger partial charge < -0.3 is 9.84 Å². The smallest absolute Gasteiger partial charge is 0.0917 e. The van der Waals surface area contributed by atoms with E-state index in [1.807, 2.05) is 6.07 Å². The van der Waals surface area contributed by atoms with E-state index in [4.69, 9.17) is 4.74 Å². The van der Waals surface area contributed by atoms with E-state index < -0.39 is 6.10 Å². The van der Waals surface area contributed by atoms with E-state index in [2.05, 4.69) is 44.9 Å². The molecule has 0 radical (unpaired) electrons. The predicted octanol–water partition coefficient (Wildman–Crippen LogP) is 2.45. The van der Waals surface area contributed by atoms with Crippen molar-refractivity contribution < 1.29 is 9.84 Å². The van der Waals surface area contributed by atoms with Crippen LogP contribution in [0.25, 0.3) is 0 Å². The lowest BCUT2D eigenvalue weighted by atomic mass is 10.0. The minimum atomic E-state index is -0.433. The fourth-order valence-electron chi connectivity index (χ4n) is 2.78. The lowest BCUT2D eigenvalue weighted by Crippen LogP contribution is -2.39. The number of hydrogen-bond donors (Lipinski definition) is 1. The Hall–Kier alpha value is -0.900. The summed E-state index contributed by atoms with van der Waals surface area (Å²) >= 11 is 0. The topological polar surface area (TPSA) is 32.7 Å². The molecule has 0 amide bonds. The van der Waals surface area contributed by atoms with Crippen LogP contribution in [0, 0.1) is 13.8 Å². The number of nitrogens with zero attached hydrogens (tertiary/aromatic N) is 1. The molecule has 1 aromatic rings. The molecule has 3 unspecified atom stereocenters. The molecule has 1 saturated heterocycles. The minimum Gasteiger partial charge on any atom is -0.387 e. The van der Waals surface area contributed by atoms with Crippen molar-refractivity contribution in [2.24, 2.45) is 0 Å². The molecular weight excluding hydrogens is 238 g/mol. The molecule has 1 fully saturated rings. The van der Waals surface area contributed by atoms with Crippen molar-refractivity contribution in [2.75, 3.05) is 20.2 Å². The average molecular weight is 263 g/mol. The second kappa shape index (κ2) is 6.04. The first-order valence-electron chi connectivity index (χ1n) is 7.06. The normalized spacial score (nSPS) is 24.9. The van der Waals surface area contributed by atoms with Crippen molar-refractivity contribution in [2.45, 2.75) is 45.4 Å². The maximum absolute atomic E-state index is 10.4. The molecule has 0 aliphatic carbocycles. The summed E-state index contributed by atoms with van der Waals surface area (Å²) < 4.78 is 5.59. The lowest BCUT2D eigenvalue weighted by molar-refractivity contribution is 0.0579. The summed E-state index contributed by atoms with van der Waals surface area (Å²) in [4.78, 5) is 2.22. The Balaban J connectivity index is 1.99. The molecule has 1 aliphatic heterocycles. The number of rotatable bonds is 4. The Bertz CT molecular complexity index is 433. The maximum Gasteiger partial charge on any atom is 0.0917 e. The van der Waals surface area contributed by atoms with Gasteiger partial charge in [-0.05, 0) is 50.9 Å². The quantitative estimate of drug-likeness (QED) is 0.905. The van der Waals surface area contributed by atoms with Gasteiger partial charge in [0.1, 0.15) is 0 Å². The zero-order valence-electron chi connectivity index (χ0n) is 12.4. The monoisotopic (exact) mass is 263 g/mol. The van der Waals surface area contributed by atoms with Crippen molar-refractivity contribution in [3.63, 3.8) is 0 Å². The van der Waals surface area contributed by atoms with Crippen LogP contribution >= 0.6 is 0 Å². The first-order valence-corrected chi connectivity index (χ1v) is 7.06. The molecule has 1 N–H and O–H groups in total. The summed E-state index contributed by atoms with van der Waals surface area (Å²) in [7, 11) is 2.07. The van der Waals surface area contributed by atoms with Gasteiger partial charge in [-0.25, -0.2) is 0 Å². The molecule has 3 heteroatoms. The molecule has 0 aromatic heterocycles. The highest BCUT2D eigenvalue weighted by molar-refractivity contribution is 5.31. The van der Waals surface area contributed by atoms with Crippen LogP contribution in [-0.4, -0.2) is 42.4 Å². The molecule has 1 aromatic carbocycles. The zero-order chi connectivity index (χ0) is 14.0. The molecule has 106 valence electrons. The van der Waals surface area contributed by atoms with Crippen LogP contribution in [-0.2, 0) is 4.74 Å². The first-order chi connectivity index (χ1) is 8.99. The summed E-state index contributed by atoms with van der Waals surface area (Å²) in [5.74, 6) is 0. The van der Waals surface area contributed by atoms with E-state index >= 15 is 0 Å². The molecular formula is C16H25NO2. The summed E-state index contributed by atoms with van der Waals surface area (Å²) in [6, 6.07) is 6.61. The molecule has 1 aliphatic rings. The SMILES string of the molecule is Cc1ccc(C(O)CN(C)C2CCOC2C)cc1C. The van der Waals surface area contributed by atoms with Gasteiger partial charge >= 0.3 is 0 Å². The van der Waals surface area contributed by atoms with Gasteiger partial charge in [0, 0.05) is 19.2 Å². The van der Waals surface area contributed by atoms with Gasteiger partial charge in [-0.1, -0.05) is 18.2 Å². The maximum atomic E-state index is 10.4. The van der Waals surface area contributed by atoms with E-state index in [-0.39, 0.29) is 6.10 Å². The summed E-state index contributed by atoms with van der Waals surface area (Å²) in [6.45, 7) is 7.77. The van der Waals surface area contributed by atoms with Gasteiger partial charge in [0.15, 0.2) is 0 Å². The number of likely N-dealkylation sites (N-methyl/N-ethyl adjacent to an activating group) is 1. The number of aliphatic hydroxyl groups is 1. The highest BCUT2D eigenvalue weighted by Gasteiger charge is 2.28. The Labute approximate surface area is 116 Å². The van der Waals surface area contributed by atoms with Crippen LogP contribution in [0.3, 0.4) is 0 Å². The first kappa shape index (κ1) is 14.5. The van der Waals surface area contributed by atoms with Gasteiger partial charge in [-0.15, -0.1) is 0 Å². The number of aliphatic hydroxyl groups excluding tert-OH is 1. The van der Waals surface area contributed by atoms with E-state index in [0.717, 1.165) is 18.6 Å². The molecule has 0 spiro atoms. The second-order valence-corrected chi connectivity index (χ2v) is 5.73. The molecule has 1 heterocycles. The third-order valence-electron chi connectivity index (χ3n) is 4.28. The van der Waals surface area contributed by atoms with Crippen molar-refractivity contribution in [3.05, 3.63) is 34.9 Å². The van der Waals surface area contributed by atoms with E-state index in [9.17, 15) is 5.11 Å². The van der Waals surface area contributed by atoms with Crippen molar-refractivity contribution in [1.29, 1.82) is 0 Å². The van der Waals surface area contributed by atoms with Crippen LogP contribution in [0.4, 0.5) is 0 Å². The van der Waals surface area contributed by atoms with Gasteiger partial charge in [0.2, 0.25) is 0 Å². The van der Waals surface area contributed by atoms with Gasteiger partial charge in [-0.2, -0.15) is 0 Å². The highest BCUT2D eigenvalue weighted by atomic mass is 16.5. The van der Waals surface area contributed by atoms with E-state index in [1.54, 1.807) is 0 Å². The molecule has 3 atom stereocenters. The minimum absolute atomic E-state index is 0.261. The van der Waals surface area contributed by atoms with Gasteiger partial charge in [-0.3, -0.25) is 4.90 Å². The van der Waals surface area contributed by atoms with Crippen LogP contribution in [0.2, 0.25) is 0 Å². The predicted molar refractivity (Wildman–Crippen MR) is 77.3 cm³/mol. The van der Waals surface area contributed by atoms with Crippen molar-refractivity contribution in [3.8, 4) is 0 Å². The molecule has 3 nitrogen and oxygen atoms in total. The highest BCUT2D eigenvalue weighted by Crippen LogP contribution is 2.22. The fourth-order valence-corrected chi connectivity index (χ4v) is 2.78. The largest absolute Gasteiger partial charge is 0.387 e. The third-order valence-corrected chi connectivity index (χ3v) is 4.28. The van der Waals surface area contributed by atoms with E-state index in [0.29, 0.717) is 12.6 Å². The van der Waals surface area contributed by atoms with Crippen LogP contribution in [0.5, 0.6) is 0 Å². The summed E-state index contributed by atoms with van der Waals surface area (Å²) in [6.07, 6.45) is 0.881.